The SMILES string of the molecule is COc1ccc(O)c(C(C)=NNc2cccc(C(=O)O)c2)c1. The molecule has 0 aliphatic carbocycles. The van der Waals surface area contributed by atoms with Crippen molar-refractivity contribution >= 4 is 17.4 Å². The molecule has 0 aliphatic heterocycles. The van der Waals surface area contributed by atoms with Gasteiger partial charge in [-0.25, -0.2) is 4.79 Å². The van der Waals surface area contributed by atoms with Gasteiger partial charge in [0.05, 0.1) is 24.1 Å². The highest BCUT2D eigenvalue weighted by Crippen LogP contribution is 2.23. The number of carboxylic acids is 1. The Morgan fingerprint density at radius 1 is 1.23 bits per heavy atom. The Balaban J connectivity index is 2.23. The molecule has 0 atom stereocenters. The second-order valence-electron chi connectivity index (χ2n) is 4.58. The Morgan fingerprint density at radius 2 is 2.00 bits per heavy atom. The topological polar surface area (TPSA) is 91.2 Å². The van der Waals surface area contributed by atoms with Gasteiger partial charge in [0.2, 0.25) is 0 Å². The third kappa shape index (κ3) is 3.54. The Hall–Kier alpha value is -3.02. The van der Waals surface area contributed by atoms with Crippen molar-refractivity contribution in [2.75, 3.05) is 12.5 Å². The first-order chi connectivity index (χ1) is 10.5. The van der Waals surface area contributed by atoms with E-state index in [9.17, 15) is 9.90 Å². The average Bonchev–Trinajstić information content (AvgIpc) is 2.53. The molecule has 0 bridgehead atoms. The van der Waals surface area contributed by atoms with Gasteiger partial charge >= 0.3 is 5.97 Å². The van der Waals surface area contributed by atoms with Crippen molar-refractivity contribution in [3.8, 4) is 11.5 Å². The van der Waals surface area contributed by atoms with E-state index >= 15 is 0 Å². The van der Waals surface area contributed by atoms with Crippen molar-refractivity contribution in [3.63, 3.8) is 0 Å². The Morgan fingerprint density at radius 3 is 2.68 bits per heavy atom. The van der Waals surface area contributed by atoms with E-state index in [0.717, 1.165) is 0 Å². The van der Waals surface area contributed by atoms with Crippen LogP contribution in [0.15, 0.2) is 47.6 Å². The highest BCUT2D eigenvalue weighted by Gasteiger charge is 2.07. The lowest BCUT2D eigenvalue weighted by atomic mass is 10.1. The third-order valence-electron chi connectivity index (χ3n) is 3.06. The zero-order valence-electron chi connectivity index (χ0n) is 12.2. The van der Waals surface area contributed by atoms with Gasteiger partial charge in [0.1, 0.15) is 11.5 Å². The number of carboxylic acid groups (broad SMARTS) is 1. The summed E-state index contributed by atoms with van der Waals surface area (Å²) in [4.78, 5) is 10.9. The predicted octanol–water partition coefficient (Wildman–Crippen LogP) is 2.94. The lowest BCUT2D eigenvalue weighted by Crippen LogP contribution is -2.02. The maximum atomic E-state index is 10.9. The monoisotopic (exact) mass is 300 g/mol. The maximum Gasteiger partial charge on any atom is 0.335 e. The predicted molar refractivity (Wildman–Crippen MR) is 83.9 cm³/mol. The molecule has 0 fully saturated rings. The van der Waals surface area contributed by atoms with Gasteiger partial charge in [-0.1, -0.05) is 6.07 Å². The summed E-state index contributed by atoms with van der Waals surface area (Å²) in [5.74, 6) is -0.312. The van der Waals surface area contributed by atoms with Crippen LogP contribution in [0.25, 0.3) is 0 Å². The number of benzene rings is 2. The van der Waals surface area contributed by atoms with Crippen LogP contribution in [0.5, 0.6) is 11.5 Å². The standard InChI is InChI=1S/C16H16N2O4/c1-10(14-9-13(22-2)6-7-15(14)19)17-18-12-5-3-4-11(8-12)16(20)21/h3-9,18-19H,1-2H3,(H,20,21). The second kappa shape index (κ2) is 6.62. The minimum Gasteiger partial charge on any atom is -0.507 e. The number of phenols is 1. The summed E-state index contributed by atoms with van der Waals surface area (Å²) < 4.78 is 5.11. The molecule has 6 heteroatoms. The van der Waals surface area contributed by atoms with Gasteiger partial charge in [0.15, 0.2) is 0 Å². The number of ether oxygens (including phenoxy) is 1. The highest BCUT2D eigenvalue weighted by atomic mass is 16.5. The van der Waals surface area contributed by atoms with Gasteiger partial charge in [-0.15, -0.1) is 0 Å². The van der Waals surface area contributed by atoms with Crippen molar-refractivity contribution in [1.82, 2.24) is 0 Å². The molecule has 0 radical (unpaired) electrons. The molecule has 3 N–H and O–H groups in total. The average molecular weight is 300 g/mol. The molecule has 0 saturated heterocycles. The molecule has 2 aromatic rings. The number of carbonyl (C=O) groups is 1. The smallest absolute Gasteiger partial charge is 0.335 e. The van der Waals surface area contributed by atoms with Gasteiger partial charge in [0.25, 0.3) is 0 Å². The molecule has 0 aromatic heterocycles. The number of rotatable bonds is 5. The largest absolute Gasteiger partial charge is 0.507 e. The van der Waals surface area contributed by atoms with E-state index < -0.39 is 5.97 Å². The molecule has 2 rings (SSSR count). The number of hydrazone groups is 1. The summed E-state index contributed by atoms with van der Waals surface area (Å²) in [6.45, 7) is 1.72. The van der Waals surface area contributed by atoms with Crippen molar-refractivity contribution in [2.45, 2.75) is 6.92 Å². The van der Waals surface area contributed by atoms with Gasteiger partial charge in [-0.2, -0.15) is 5.10 Å². The summed E-state index contributed by atoms with van der Waals surface area (Å²) in [5.41, 5.74) is 4.56. The molecule has 0 unspecified atom stereocenters. The number of hydrogen-bond donors (Lipinski definition) is 3. The normalized spacial score (nSPS) is 11.1. The van der Waals surface area contributed by atoms with Crippen molar-refractivity contribution < 1.29 is 19.7 Å². The van der Waals surface area contributed by atoms with Crippen LogP contribution < -0.4 is 10.2 Å². The number of hydrogen-bond acceptors (Lipinski definition) is 5. The molecular formula is C16H16N2O4. The van der Waals surface area contributed by atoms with Crippen LogP contribution in [0.3, 0.4) is 0 Å². The van der Waals surface area contributed by atoms with Crippen LogP contribution in [0.4, 0.5) is 5.69 Å². The minimum atomic E-state index is -1.00. The zero-order chi connectivity index (χ0) is 16.1. The van der Waals surface area contributed by atoms with Crippen LogP contribution in [0.1, 0.15) is 22.8 Å². The molecule has 0 saturated carbocycles. The lowest BCUT2D eigenvalue weighted by Gasteiger charge is -2.08. The summed E-state index contributed by atoms with van der Waals surface area (Å²) >= 11 is 0. The third-order valence-corrected chi connectivity index (χ3v) is 3.06. The maximum absolute atomic E-state index is 10.9. The molecule has 0 aliphatic rings. The number of aromatic hydroxyl groups is 1. The number of aromatic carboxylic acids is 1. The molecule has 2 aromatic carbocycles. The molecule has 114 valence electrons. The van der Waals surface area contributed by atoms with Crippen LogP contribution in [-0.4, -0.2) is 29.0 Å². The van der Waals surface area contributed by atoms with Gasteiger partial charge < -0.3 is 14.9 Å². The number of phenolic OH excluding ortho intramolecular Hbond substituents is 1. The van der Waals surface area contributed by atoms with Crippen LogP contribution in [-0.2, 0) is 0 Å². The quantitative estimate of drug-likeness (QED) is 0.583. The van der Waals surface area contributed by atoms with Crippen molar-refractivity contribution in [2.24, 2.45) is 5.10 Å². The Labute approximate surface area is 127 Å². The fraction of sp³-hybridized carbons (Fsp3) is 0.125. The van der Waals surface area contributed by atoms with Crippen molar-refractivity contribution in [3.05, 3.63) is 53.6 Å². The summed E-state index contributed by atoms with van der Waals surface area (Å²) in [6, 6.07) is 11.1. The summed E-state index contributed by atoms with van der Waals surface area (Å²) in [7, 11) is 1.54. The second-order valence-corrected chi connectivity index (χ2v) is 4.58. The fourth-order valence-electron chi connectivity index (χ4n) is 1.86. The first-order valence-electron chi connectivity index (χ1n) is 6.52. The van der Waals surface area contributed by atoms with Gasteiger partial charge in [-0.05, 0) is 43.3 Å². The number of nitrogens with zero attached hydrogens (tertiary/aromatic N) is 1. The first kappa shape index (κ1) is 15.4. The molecule has 6 nitrogen and oxygen atoms in total. The van der Waals surface area contributed by atoms with E-state index in [1.165, 1.54) is 25.3 Å². The van der Waals surface area contributed by atoms with E-state index in [1.54, 1.807) is 31.2 Å². The molecular weight excluding hydrogens is 284 g/mol. The summed E-state index contributed by atoms with van der Waals surface area (Å²) in [5, 5.41) is 23.0. The van der Waals surface area contributed by atoms with E-state index in [1.807, 2.05) is 0 Å². The Kier molecular flexibility index (Phi) is 4.63. The molecule has 0 heterocycles. The van der Waals surface area contributed by atoms with E-state index in [-0.39, 0.29) is 11.3 Å². The van der Waals surface area contributed by atoms with Crippen molar-refractivity contribution in [1.29, 1.82) is 0 Å². The highest BCUT2D eigenvalue weighted by molar-refractivity contribution is 6.01. The fourth-order valence-corrected chi connectivity index (χ4v) is 1.86. The van der Waals surface area contributed by atoms with Gasteiger partial charge in [-0.3, -0.25) is 5.43 Å². The first-order valence-corrected chi connectivity index (χ1v) is 6.52. The van der Waals surface area contributed by atoms with E-state index in [4.69, 9.17) is 9.84 Å². The van der Waals surface area contributed by atoms with E-state index in [0.29, 0.717) is 22.7 Å². The minimum absolute atomic E-state index is 0.0862. The molecule has 0 amide bonds. The Bertz CT molecular complexity index is 726. The number of methoxy groups -OCH3 is 1. The lowest BCUT2D eigenvalue weighted by molar-refractivity contribution is 0.0697. The van der Waals surface area contributed by atoms with Crippen LogP contribution in [0.2, 0.25) is 0 Å². The number of nitrogens with one attached hydrogen (secondary N) is 1. The zero-order valence-corrected chi connectivity index (χ0v) is 12.2. The van der Waals surface area contributed by atoms with Crippen LogP contribution >= 0.6 is 0 Å². The molecule has 0 spiro atoms. The number of anilines is 1. The van der Waals surface area contributed by atoms with E-state index in [2.05, 4.69) is 10.5 Å². The van der Waals surface area contributed by atoms with Gasteiger partial charge in [0, 0.05) is 5.56 Å². The molecule has 22 heavy (non-hydrogen) atoms. The summed E-state index contributed by atoms with van der Waals surface area (Å²) in [6.07, 6.45) is 0. The van der Waals surface area contributed by atoms with Crippen LogP contribution in [0, 0.1) is 0 Å².